The van der Waals surface area contributed by atoms with E-state index in [0.29, 0.717) is 11.3 Å². The van der Waals surface area contributed by atoms with E-state index in [1.54, 1.807) is 11.8 Å². The van der Waals surface area contributed by atoms with Gasteiger partial charge in [-0.1, -0.05) is 48.0 Å². The lowest BCUT2D eigenvalue weighted by Gasteiger charge is -2.24. The minimum Gasteiger partial charge on any atom is -0.322 e. The highest BCUT2D eigenvalue weighted by Gasteiger charge is 2.33. The number of amides is 2. The molecule has 0 aromatic heterocycles. The van der Waals surface area contributed by atoms with Gasteiger partial charge in [-0.15, -0.1) is 11.8 Å². The first-order valence-corrected chi connectivity index (χ1v) is 10.5. The van der Waals surface area contributed by atoms with Gasteiger partial charge in [0.1, 0.15) is 5.37 Å². The van der Waals surface area contributed by atoms with E-state index in [4.69, 9.17) is 0 Å². The summed E-state index contributed by atoms with van der Waals surface area (Å²) >= 11 is 1.62. The third-order valence-electron chi connectivity index (χ3n) is 5.02. The predicted molar refractivity (Wildman–Crippen MR) is 119 cm³/mol. The third kappa shape index (κ3) is 4.05. The van der Waals surface area contributed by atoms with Gasteiger partial charge in [0.2, 0.25) is 5.91 Å². The van der Waals surface area contributed by atoms with Crippen LogP contribution in [0, 0.1) is 13.8 Å². The molecule has 4 nitrogen and oxygen atoms in total. The van der Waals surface area contributed by atoms with Crippen molar-refractivity contribution in [3.05, 3.63) is 95.1 Å². The first-order valence-electron chi connectivity index (χ1n) is 9.50. The summed E-state index contributed by atoms with van der Waals surface area (Å²) in [6.45, 7) is 3.96. The number of carbonyl (C=O) groups excluding carboxylic acids is 2. The number of hydrogen-bond donors (Lipinski definition) is 1. The molecule has 1 aliphatic rings. The molecule has 29 heavy (non-hydrogen) atoms. The molecular weight excluding hydrogens is 380 g/mol. The summed E-state index contributed by atoms with van der Waals surface area (Å²) in [4.78, 5) is 26.9. The molecule has 2 amide bonds. The van der Waals surface area contributed by atoms with Gasteiger partial charge < -0.3 is 5.32 Å². The topological polar surface area (TPSA) is 49.4 Å². The van der Waals surface area contributed by atoms with Gasteiger partial charge >= 0.3 is 0 Å². The Kier molecular flexibility index (Phi) is 5.41. The van der Waals surface area contributed by atoms with Crippen molar-refractivity contribution >= 4 is 35.0 Å². The van der Waals surface area contributed by atoms with Crippen LogP contribution in [-0.4, -0.2) is 17.6 Å². The van der Waals surface area contributed by atoms with Crippen LogP contribution in [0.15, 0.2) is 72.8 Å². The molecule has 0 aliphatic carbocycles. The van der Waals surface area contributed by atoms with Crippen molar-refractivity contribution in [1.29, 1.82) is 0 Å². The molecule has 0 unspecified atom stereocenters. The average molecular weight is 403 g/mol. The van der Waals surface area contributed by atoms with Crippen LogP contribution in [0.3, 0.4) is 0 Å². The van der Waals surface area contributed by atoms with Crippen molar-refractivity contribution in [2.75, 3.05) is 16.0 Å². The van der Waals surface area contributed by atoms with Gasteiger partial charge in [-0.25, -0.2) is 0 Å². The molecule has 1 fully saturated rings. The third-order valence-corrected chi connectivity index (χ3v) is 6.24. The normalized spacial score (nSPS) is 16.1. The maximum Gasteiger partial charge on any atom is 0.255 e. The number of nitrogens with one attached hydrogen (secondary N) is 1. The minimum atomic E-state index is -0.123. The van der Waals surface area contributed by atoms with E-state index in [0.717, 1.165) is 22.5 Å². The lowest BCUT2D eigenvalue weighted by atomic mass is 10.1. The molecule has 1 atom stereocenters. The Balaban J connectivity index is 1.52. The van der Waals surface area contributed by atoms with E-state index in [-0.39, 0.29) is 17.2 Å². The zero-order chi connectivity index (χ0) is 20.4. The fraction of sp³-hybridized carbons (Fsp3) is 0.167. The Hall–Kier alpha value is -3.05. The molecular formula is C24H22N2O2S. The fourth-order valence-corrected chi connectivity index (χ4v) is 4.59. The molecule has 3 aromatic rings. The lowest BCUT2D eigenvalue weighted by Crippen LogP contribution is -2.27. The van der Waals surface area contributed by atoms with Crippen molar-refractivity contribution in [1.82, 2.24) is 0 Å². The SMILES string of the molecule is Cc1ccc(N2C(=O)CS[C@H]2c2ccc(NC(=O)c3ccccc3C)cc2)cc1. The van der Waals surface area contributed by atoms with E-state index < -0.39 is 0 Å². The molecule has 4 rings (SSSR count). The molecule has 1 aliphatic heterocycles. The van der Waals surface area contributed by atoms with E-state index >= 15 is 0 Å². The predicted octanol–water partition coefficient (Wildman–Crippen LogP) is 5.33. The molecule has 1 heterocycles. The van der Waals surface area contributed by atoms with Gasteiger partial charge in [-0.3, -0.25) is 14.5 Å². The second-order valence-corrected chi connectivity index (χ2v) is 8.22. The highest BCUT2D eigenvalue weighted by molar-refractivity contribution is 8.00. The van der Waals surface area contributed by atoms with Crippen LogP contribution < -0.4 is 10.2 Å². The summed E-state index contributed by atoms with van der Waals surface area (Å²) in [5.41, 5.74) is 5.45. The highest BCUT2D eigenvalue weighted by atomic mass is 32.2. The van der Waals surface area contributed by atoms with E-state index in [1.807, 2.05) is 91.5 Å². The van der Waals surface area contributed by atoms with Crippen molar-refractivity contribution in [3.8, 4) is 0 Å². The van der Waals surface area contributed by atoms with Crippen molar-refractivity contribution in [2.45, 2.75) is 19.2 Å². The van der Waals surface area contributed by atoms with Gasteiger partial charge in [0.15, 0.2) is 0 Å². The standard InChI is InChI=1S/C24H22N2O2S/c1-16-7-13-20(14-8-16)26-22(27)15-29-24(26)18-9-11-19(12-10-18)25-23(28)21-6-4-3-5-17(21)2/h3-14,24H,15H2,1-2H3,(H,25,28)/t24-/m0/s1. The Labute approximate surface area is 174 Å². The first-order chi connectivity index (χ1) is 14.0. The number of rotatable bonds is 4. The Morgan fingerprint density at radius 2 is 1.66 bits per heavy atom. The van der Waals surface area contributed by atoms with Crippen LogP contribution in [0.4, 0.5) is 11.4 Å². The second kappa shape index (κ2) is 8.13. The molecule has 146 valence electrons. The fourth-order valence-electron chi connectivity index (χ4n) is 3.41. The first kappa shape index (κ1) is 19.3. The number of benzene rings is 3. The number of aryl methyl sites for hydroxylation is 2. The van der Waals surface area contributed by atoms with E-state index in [1.165, 1.54) is 5.56 Å². The summed E-state index contributed by atoms with van der Waals surface area (Å²) < 4.78 is 0. The van der Waals surface area contributed by atoms with Crippen molar-refractivity contribution in [2.24, 2.45) is 0 Å². The number of carbonyl (C=O) groups is 2. The summed E-state index contributed by atoms with van der Waals surface area (Å²) in [6, 6.07) is 23.3. The Morgan fingerprint density at radius 1 is 0.966 bits per heavy atom. The second-order valence-electron chi connectivity index (χ2n) is 7.15. The van der Waals surface area contributed by atoms with Gasteiger partial charge in [0.25, 0.3) is 5.91 Å². The number of hydrogen-bond acceptors (Lipinski definition) is 3. The number of anilines is 2. The maximum absolute atomic E-state index is 12.5. The van der Waals surface area contributed by atoms with Gasteiger partial charge in [0, 0.05) is 16.9 Å². The highest BCUT2D eigenvalue weighted by Crippen LogP contribution is 2.41. The Bertz CT molecular complexity index is 1050. The van der Waals surface area contributed by atoms with Crippen LogP contribution in [0.5, 0.6) is 0 Å². The molecule has 0 radical (unpaired) electrons. The monoisotopic (exact) mass is 402 g/mol. The molecule has 0 bridgehead atoms. The summed E-state index contributed by atoms with van der Waals surface area (Å²) in [5, 5.41) is 2.88. The quantitative estimate of drug-likeness (QED) is 0.641. The van der Waals surface area contributed by atoms with Gasteiger partial charge in [-0.2, -0.15) is 0 Å². The number of thioether (sulfide) groups is 1. The van der Waals surface area contributed by atoms with E-state index in [2.05, 4.69) is 5.32 Å². The van der Waals surface area contributed by atoms with Crippen molar-refractivity contribution < 1.29 is 9.59 Å². The molecule has 0 saturated carbocycles. The van der Waals surface area contributed by atoms with Crippen LogP contribution in [0.2, 0.25) is 0 Å². The largest absolute Gasteiger partial charge is 0.322 e. The summed E-state index contributed by atoms with van der Waals surface area (Å²) in [5.74, 6) is 0.452. The zero-order valence-corrected chi connectivity index (χ0v) is 17.2. The van der Waals surface area contributed by atoms with Crippen LogP contribution in [0.25, 0.3) is 0 Å². The van der Waals surface area contributed by atoms with Gasteiger partial charge in [-0.05, 0) is 55.3 Å². The molecule has 3 aromatic carbocycles. The van der Waals surface area contributed by atoms with Crippen LogP contribution in [-0.2, 0) is 4.79 Å². The smallest absolute Gasteiger partial charge is 0.255 e. The maximum atomic E-state index is 12.5. The van der Waals surface area contributed by atoms with Gasteiger partial charge in [0.05, 0.1) is 5.75 Å². The van der Waals surface area contributed by atoms with Crippen LogP contribution >= 0.6 is 11.8 Å². The average Bonchev–Trinajstić information content (AvgIpc) is 3.11. The Morgan fingerprint density at radius 3 is 2.34 bits per heavy atom. The van der Waals surface area contributed by atoms with E-state index in [9.17, 15) is 9.59 Å². The molecule has 0 spiro atoms. The summed E-state index contributed by atoms with van der Waals surface area (Å²) in [7, 11) is 0. The lowest BCUT2D eigenvalue weighted by molar-refractivity contribution is -0.115. The van der Waals surface area contributed by atoms with Crippen LogP contribution in [0.1, 0.15) is 32.4 Å². The number of nitrogens with zero attached hydrogens (tertiary/aromatic N) is 1. The molecule has 5 heteroatoms. The molecule has 1 saturated heterocycles. The zero-order valence-electron chi connectivity index (χ0n) is 16.4. The van der Waals surface area contributed by atoms with Crippen molar-refractivity contribution in [3.63, 3.8) is 0 Å². The summed E-state index contributed by atoms with van der Waals surface area (Å²) in [6.07, 6.45) is 0. The minimum absolute atomic E-state index is 0.0636. The molecule has 1 N–H and O–H groups in total.